The van der Waals surface area contributed by atoms with Gasteiger partial charge in [0.15, 0.2) is 5.78 Å². The van der Waals surface area contributed by atoms with Crippen molar-refractivity contribution in [3.05, 3.63) is 35.4 Å². The van der Waals surface area contributed by atoms with Crippen molar-refractivity contribution in [3.8, 4) is 6.07 Å². The van der Waals surface area contributed by atoms with E-state index >= 15 is 0 Å². The van der Waals surface area contributed by atoms with Gasteiger partial charge in [0.2, 0.25) is 5.91 Å². The lowest BCUT2D eigenvalue weighted by Gasteiger charge is -2.35. The van der Waals surface area contributed by atoms with E-state index in [1.807, 2.05) is 22.0 Å². The van der Waals surface area contributed by atoms with Crippen molar-refractivity contribution in [2.75, 3.05) is 5.75 Å². The minimum absolute atomic E-state index is 0.0766. The Kier molecular flexibility index (Phi) is 5.72. The maximum Gasteiger partial charge on any atom is 0.226 e. The van der Waals surface area contributed by atoms with Gasteiger partial charge in [0, 0.05) is 30.8 Å². The molecule has 2 aliphatic heterocycles. The van der Waals surface area contributed by atoms with Gasteiger partial charge in [-0.1, -0.05) is 24.3 Å². The Morgan fingerprint density at radius 2 is 1.79 bits per heavy atom. The Morgan fingerprint density at radius 1 is 1.14 bits per heavy atom. The summed E-state index contributed by atoms with van der Waals surface area (Å²) in [5.74, 6) is 1.07. The molecule has 4 rings (SSSR count). The van der Waals surface area contributed by atoms with E-state index in [1.54, 1.807) is 6.92 Å². The number of hydrogen-bond acceptors (Lipinski definition) is 6. The largest absolute Gasteiger partial charge is 0.334 e. The standard InChI is InChI=1S/C21H26N4O2S/c1-14(26)21-25(19(10-22)13-28-21)23-18-8-6-15(7-9-18)20(27)24-11-16-4-2-3-5-17(16)12-24/h2-5,15,18-19,21,23H,6-9,11-13H2,1H3/t15?,18?,19?,21-/m1/s1. The van der Waals surface area contributed by atoms with Crippen LogP contribution in [-0.2, 0) is 22.7 Å². The fraction of sp³-hybridized carbons (Fsp3) is 0.571. The van der Waals surface area contributed by atoms with Crippen LogP contribution in [0.2, 0.25) is 0 Å². The van der Waals surface area contributed by atoms with Crippen molar-refractivity contribution in [2.45, 2.75) is 63.2 Å². The molecule has 2 atom stereocenters. The second-order valence-corrected chi connectivity index (χ2v) is 9.10. The van der Waals surface area contributed by atoms with Gasteiger partial charge in [-0.3, -0.25) is 9.59 Å². The van der Waals surface area contributed by atoms with Gasteiger partial charge in [-0.15, -0.1) is 11.8 Å². The molecule has 1 aromatic carbocycles. The fourth-order valence-electron chi connectivity index (χ4n) is 4.50. The van der Waals surface area contributed by atoms with Crippen molar-refractivity contribution in [2.24, 2.45) is 5.92 Å². The van der Waals surface area contributed by atoms with Gasteiger partial charge in [0.05, 0.1) is 6.07 Å². The molecule has 0 radical (unpaired) electrons. The number of hydrazine groups is 1. The molecule has 0 spiro atoms. The van der Waals surface area contributed by atoms with Crippen LogP contribution in [-0.4, -0.2) is 44.8 Å². The third-order valence-corrected chi connectivity index (χ3v) is 7.44. The molecule has 1 saturated heterocycles. The highest BCUT2D eigenvalue weighted by Gasteiger charge is 2.39. The number of nitrogens with one attached hydrogen (secondary N) is 1. The average Bonchev–Trinajstić information content (AvgIpc) is 3.32. The molecule has 1 saturated carbocycles. The zero-order chi connectivity index (χ0) is 19.7. The number of carbonyl (C=O) groups excluding carboxylic acids is 2. The van der Waals surface area contributed by atoms with Gasteiger partial charge in [-0.25, -0.2) is 10.4 Å². The highest BCUT2D eigenvalue weighted by Crippen LogP contribution is 2.32. The summed E-state index contributed by atoms with van der Waals surface area (Å²) >= 11 is 1.53. The number of hydrogen-bond donors (Lipinski definition) is 1. The lowest BCUT2D eigenvalue weighted by Crippen LogP contribution is -2.53. The van der Waals surface area contributed by atoms with E-state index in [0.717, 1.165) is 38.8 Å². The molecule has 1 N–H and O–H groups in total. The first-order valence-electron chi connectivity index (χ1n) is 9.98. The third kappa shape index (κ3) is 3.82. The molecule has 1 aliphatic carbocycles. The first-order valence-corrected chi connectivity index (χ1v) is 11.0. The van der Waals surface area contributed by atoms with Crippen molar-refractivity contribution in [1.29, 1.82) is 5.26 Å². The van der Waals surface area contributed by atoms with Crippen LogP contribution in [0.15, 0.2) is 24.3 Å². The number of ketones is 1. The van der Waals surface area contributed by atoms with Gasteiger partial charge >= 0.3 is 0 Å². The average molecular weight is 399 g/mol. The lowest BCUT2D eigenvalue weighted by atomic mass is 9.85. The van der Waals surface area contributed by atoms with E-state index in [-0.39, 0.29) is 35.1 Å². The van der Waals surface area contributed by atoms with Gasteiger partial charge in [0.1, 0.15) is 11.4 Å². The summed E-state index contributed by atoms with van der Waals surface area (Å²) in [5, 5.41) is 10.9. The van der Waals surface area contributed by atoms with Crippen LogP contribution in [0.4, 0.5) is 0 Å². The molecule has 2 fully saturated rings. The van der Waals surface area contributed by atoms with Gasteiger partial charge in [-0.05, 0) is 43.7 Å². The number of carbonyl (C=O) groups is 2. The second kappa shape index (κ2) is 8.24. The van der Waals surface area contributed by atoms with Gasteiger partial charge in [0.25, 0.3) is 0 Å². The Bertz CT molecular complexity index is 775. The van der Waals surface area contributed by atoms with Crippen molar-refractivity contribution >= 4 is 23.5 Å². The maximum absolute atomic E-state index is 13.0. The number of nitriles is 1. The monoisotopic (exact) mass is 398 g/mol. The molecule has 148 valence electrons. The molecule has 1 unspecified atom stereocenters. The minimum Gasteiger partial charge on any atom is -0.334 e. The number of amides is 1. The number of thioether (sulfide) groups is 1. The molecule has 1 aromatic rings. The molecule has 6 nitrogen and oxygen atoms in total. The van der Waals surface area contributed by atoms with Crippen LogP contribution < -0.4 is 5.43 Å². The first-order chi connectivity index (χ1) is 13.6. The van der Waals surface area contributed by atoms with Crippen LogP contribution in [0.5, 0.6) is 0 Å². The number of benzene rings is 1. The summed E-state index contributed by atoms with van der Waals surface area (Å²) in [6.45, 7) is 3.03. The van der Waals surface area contributed by atoms with Gasteiger partial charge < -0.3 is 4.90 Å². The molecular weight excluding hydrogens is 372 g/mol. The topological polar surface area (TPSA) is 76.4 Å². The molecule has 2 heterocycles. The SMILES string of the molecule is CC(=O)[C@H]1SCC(C#N)N1NC1CCC(C(=O)N2Cc3ccccc3C2)CC1. The lowest BCUT2D eigenvalue weighted by molar-refractivity contribution is -0.137. The number of nitrogens with zero attached hydrogens (tertiary/aromatic N) is 3. The smallest absolute Gasteiger partial charge is 0.226 e. The van der Waals surface area contributed by atoms with Crippen molar-refractivity contribution in [1.82, 2.24) is 15.3 Å². The number of rotatable bonds is 4. The summed E-state index contributed by atoms with van der Waals surface area (Å²) in [6, 6.07) is 10.5. The van der Waals surface area contributed by atoms with Crippen molar-refractivity contribution < 1.29 is 9.59 Å². The highest BCUT2D eigenvalue weighted by molar-refractivity contribution is 8.00. The highest BCUT2D eigenvalue weighted by atomic mass is 32.2. The minimum atomic E-state index is -0.285. The van der Waals surface area contributed by atoms with Gasteiger partial charge in [-0.2, -0.15) is 5.26 Å². The molecule has 0 bridgehead atoms. The predicted molar refractivity (Wildman–Crippen MR) is 108 cm³/mol. The van der Waals surface area contributed by atoms with E-state index in [0.29, 0.717) is 5.75 Å². The quantitative estimate of drug-likeness (QED) is 0.840. The van der Waals surface area contributed by atoms with E-state index in [1.165, 1.54) is 22.9 Å². The third-order valence-electron chi connectivity index (χ3n) is 6.06. The first kappa shape index (κ1) is 19.4. The van der Waals surface area contributed by atoms with Crippen LogP contribution in [0.1, 0.15) is 43.7 Å². The Hall–Kier alpha value is -1.88. The van der Waals surface area contributed by atoms with E-state index in [4.69, 9.17) is 0 Å². The Morgan fingerprint density at radius 3 is 2.36 bits per heavy atom. The zero-order valence-electron chi connectivity index (χ0n) is 16.1. The normalized spacial score (nSPS) is 30.1. The Labute approximate surface area is 170 Å². The molecular formula is C21H26N4O2S. The Balaban J connectivity index is 1.31. The van der Waals surface area contributed by atoms with Crippen LogP contribution in [0, 0.1) is 17.2 Å². The second-order valence-electron chi connectivity index (χ2n) is 7.99. The molecule has 0 aromatic heterocycles. The van der Waals surface area contributed by atoms with Crippen LogP contribution in [0.3, 0.4) is 0 Å². The van der Waals surface area contributed by atoms with E-state index < -0.39 is 0 Å². The summed E-state index contributed by atoms with van der Waals surface area (Å²) in [4.78, 5) is 26.8. The molecule has 7 heteroatoms. The van der Waals surface area contributed by atoms with Crippen molar-refractivity contribution in [3.63, 3.8) is 0 Å². The number of fused-ring (bicyclic) bond motifs is 1. The summed E-state index contributed by atoms with van der Waals surface area (Å²) < 4.78 is 0. The van der Waals surface area contributed by atoms with E-state index in [9.17, 15) is 14.9 Å². The zero-order valence-corrected chi connectivity index (χ0v) is 17.0. The summed E-state index contributed by atoms with van der Waals surface area (Å²) in [6.07, 6.45) is 3.49. The van der Waals surface area contributed by atoms with Crippen LogP contribution >= 0.6 is 11.8 Å². The van der Waals surface area contributed by atoms with Crippen LogP contribution in [0.25, 0.3) is 0 Å². The molecule has 3 aliphatic rings. The predicted octanol–water partition coefficient (Wildman–Crippen LogP) is 2.45. The van der Waals surface area contributed by atoms with E-state index in [2.05, 4.69) is 23.6 Å². The molecule has 28 heavy (non-hydrogen) atoms. The fourth-order valence-corrected chi connectivity index (χ4v) is 5.71. The molecule has 1 amide bonds. The number of Topliss-reactive ketones (excluding diaryl/α,β-unsaturated/α-hetero) is 1. The summed E-state index contributed by atoms with van der Waals surface area (Å²) in [5.41, 5.74) is 5.96. The maximum atomic E-state index is 13.0. The summed E-state index contributed by atoms with van der Waals surface area (Å²) in [7, 11) is 0.